The normalized spacial score (nSPS) is 11.5. The van der Waals surface area contributed by atoms with Crippen LogP contribution in [0.3, 0.4) is 0 Å². The summed E-state index contributed by atoms with van der Waals surface area (Å²) in [6.45, 7) is 3.46. The smallest absolute Gasteiger partial charge is 0.313 e. The number of nitro groups is 1. The van der Waals surface area contributed by atoms with E-state index in [9.17, 15) is 24.5 Å². The van der Waals surface area contributed by atoms with Gasteiger partial charge in [-0.25, -0.2) is 0 Å². The maximum absolute atomic E-state index is 12.3. The summed E-state index contributed by atoms with van der Waals surface area (Å²) in [6, 6.07) is 5.02. The molecule has 22 heavy (non-hydrogen) atoms. The molecular formula is C15H17NO6. The minimum absolute atomic E-state index is 0.137. The monoisotopic (exact) mass is 307 g/mol. The lowest BCUT2D eigenvalue weighted by molar-refractivity contribution is -0.384. The van der Waals surface area contributed by atoms with Crippen molar-refractivity contribution in [2.24, 2.45) is 5.92 Å². The molecule has 7 heteroatoms. The topological polar surface area (TPSA) is 104 Å². The van der Waals surface area contributed by atoms with Crippen LogP contribution in [0.1, 0.15) is 37.0 Å². The third-order valence-electron chi connectivity index (χ3n) is 3.10. The molecule has 0 saturated heterocycles. The average molecular weight is 307 g/mol. The number of Topliss-reactive ketones (excluding diaryl/α,β-unsaturated/α-hetero) is 2. The molecule has 0 spiro atoms. The summed E-state index contributed by atoms with van der Waals surface area (Å²) < 4.78 is 4.69. The van der Waals surface area contributed by atoms with Crippen molar-refractivity contribution < 1.29 is 24.0 Å². The molecule has 1 rings (SSSR count). The summed E-state index contributed by atoms with van der Waals surface area (Å²) in [7, 11) is 0. The standard InChI is InChI=1S/C15H17NO6/c1-3-12(13(17)9-14(18)22-4-2)15(19)10-5-7-11(8-6-10)16(20)21/h5-8,12H,3-4,9H2,1-2H3. The SMILES string of the molecule is CCOC(=O)CC(=O)C(CC)C(=O)c1ccc([N+](=O)[O-])cc1. The fourth-order valence-electron chi connectivity index (χ4n) is 1.99. The van der Waals surface area contributed by atoms with Crippen LogP contribution in [0.5, 0.6) is 0 Å². The lowest BCUT2D eigenvalue weighted by Crippen LogP contribution is -2.26. The van der Waals surface area contributed by atoms with Gasteiger partial charge in [0, 0.05) is 17.7 Å². The van der Waals surface area contributed by atoms with Gasteiger partial charge < -0.3 is 4.74 Å². The zero-order chi connectivity index (χ0) is 16.7. The minimum Gasteiger partial charge on any atom is -0.466 e. The zero-order valence-corrected chi connectivity index (χ0v) is 12.4. The van der Waals surface area contributed by atoms with Gasteiger partial charge in [0.15, 0.2) is 11.6 Å². The molecule has 0 aliphatic carbocycles. The van der Waals surface area contributed by atoms with E-state index in [4.69, 9.17) is 0 Å². The summed E-state index contributed by atoms with van der Waals surface area (Å²) in [5.41, 5.74) is 0.0668. The third kappa shape index (κ3) is 4.47. The van der Waals surface area contributed by atoms with E-state index in [-0.39, 0.29) is 24.3 Å². The van der Waals surface area contributed by atoms with Crippen molar-refractivity contribution in [3.8, 4) is 0 Å². The molecule has 1 aromatic rings. The van der Waals surface area contributed by atoms with Gasteiger partial charge in [-0.2, -0.15) is 0 Å². The summed E-state index contributed by atoms with van der Waals surface area (Å²) in [5, 5.41) is 10.6. The van der Waals surface area contributed by atoms with Crippen molar-refractivity contribution in [2.75, 3.05) is 6.61 Å². The Balaban J connectivity index is 2.85. The summed E-state index contributed by atoms with van der Waals surface area (Å²) in [5.74, 6) is -2.58. The summed E-state index contributed by atoms with van der Waals surface area (Å²) in [4.78, 5) is 45.6. The molecule has 0 fully saturated rings. The van der Waals surface area contributed by atoms with Gasteiger partial charge in [0.25, 0.3) is 5.69 Å². The number of nitro benzene ring substituents is 1. The molecule has 0 bridgehead atoms. The number of carbonyl (C=O) groups is 3. The number of non-ortho nitro benzene ring substituents is 1. The first-order valence-electron chi connectivity index (χ1n) is 6.87. The Labute approximate surface area is 127 Å². The lowest BCUT2D eigenvalue weighted by Gasteiger charge is -2.12. The van der Waals surface area contributed by atoms with Crippen LogP contribution >= 0.6 is 0 Å². The number of ketones is 2. The van der Waals surface area contributed by atoms with Crippen molar-refractivity contribution in [3.05, 3.63) is 39.9 Å². The summed E-state index contributed by atoms with van der Waals surface area (Å²) >= 11 is 0. The number of carbonyl (C=O) groups excluding carboxylic acids is 3. The number of ether oxygens (including phenoxy) is 1. The number of benzene rings is 1. The van der Waals surface area contributed by atoms with E-state index in [2.05, 4.69) is 4.74 Å². The van der Waals surface area contributed by atoms with Crippen molar-refractivity contribution >= 4 is 23.2 Å². The van der Waals surface area contributed by atoms with Crippen LogP contribution in [0.25, 0.3) is 0 Å². The van der Waals surface area contributed by atoms with E-state index >= 15 is 0 Å². The lowest BCUT2D eigenvalue weighted by atomic mass is 9.90. The molecule has 1 atom stereocenters. The van der Waals surface area contributed by atoms with E-state index in [0.717, 1.165) is 0 Å². The second kappa shape index (κ2) is 8.02. The fraction of sp³-hybridized carbons (Fsp3) is 0.400. The highest BCUT2D eigenvalue weighted by Gasteiger charge is 2.28. The first-order chi connectivity index (χ1) is 10.4. The van der Waals surface area contributed by atoms with Gasteiger partial charge in [-0.1, -0.05) is 6.92 Å². The first kappa shape index (κ1) is 17.5. The maximum atomic E-state index is 12.3. The Bertz CT molecular complexity index is 578. The quantitative estimate of drug-likeness (QED) is 0.240. The Kier molecular flexibility index (Phi) is 6.37. The van der Waals surface area contributed by atoms with Gasteiger partial charge in [0.05, 0.1) is 17.4 Å². The van der Waals surface area contributed by atoms with E-state index in [1.807, 2.05) is 0 Å². The average Bonchev–Trinajstić information content (AvgIpc) is 2.48. The van der Waals surface area contributed by atoms with Gasteiger partial charge >= 0.3 is 5.97 Å². The Morgan fingerprint density at radius 1 is 1.18 bits per heavy atom. The van der Waals surface area contributed by atoms with E-state index < -0.39 is 34.8 Å². The molecular weight excluding hydrogens is 290 g/mol. The van der Waals surface area contributed by atoms with Crippen LogP contribution in [0.2, 0.25) is 0 Å². The molecule has 1 aromatic carbocycles. The first-order valence-corrected chi connectivity index (χ1v) is 6.87. The molecule has 0 saturated carbocycles. The predicted molar refractivity (Wildman–Crippen MR) is 77.5 cm³/mol. The van der Waals surface area contributed by atoms with Crippen LogP contribution in [-0.2, 0) is 14.3 Å². The second-order valence-corrected chi connectivity index (χ2v) is 4.58. The van der Waals surface area contributed by atoms with Gasteiger partial charge in [0.2, 0.25) is 0 Å². The number of nitrogens with zero attached hydrogens (tertiary/aromatic N) is 1. The highest BCUT2D eigenvalue weighted by atomic mass is 16.6. The Morgan fingerprint density at radius 2 is 1.77 bits per heavy atom. The molecule has 0 radical (unpaired) electrons. The van der Waals surface area contributed by atoms with Crippen molar-refractivity contribution in [1.29, 1.82) is 0 Å². The number of esters is 1. The molecule has 0 aliphatic heterocycles. The molecule has 0 aromatic heterocycles. The molecule has 0 N–H and O–H groups in total. The maximum Gasteiger partial charge on any atom is 0.313 e. The Morgan fingerprint density at radius 3 is 2.23 bits per heavy atom. The van der Waals surface area contributed by atoms with E-state index in [1.165, 1.54) is 24.3 Å². The third-order valence-corrected chi connectivity index (χ3v) is 3.10. The highest BCUT2D eigenvalue weighted by Crippen LogP contribution is 2.18. The molecule has 7 nitrogen and oxygen atoms in total. The number of rotatable bonds is 8. The molecule has 1 unspecified atom stereocenters. The van der Waals surface area contributed by atoms with Gasteiger partial charge in [-0.3, -0.25) is 24.5 Å². The number of hydrogen-bond acceptors (Lipinski definition) is 6. The van der Waals surface area contributed by atoms with Gasteiger partial charge in [-0.15, -0.1) is 0 Å². The summed E-state index contributed by atoms with van der Waals surface area (Å²) in [6.07, 6.45) is -0.209. The minimum atomic E-state index is -0.953. The van der Waals surface area contributed by atoms with Gasteiger partial charge in [-0.05, 0) is 25.5 Å². The largest absolute Gasteiger partial charge is 0.466 e. The molecule has 118 valence electrons. The van der Waals surface area contributed by atoms with Crippen molar-refractivity contribution in [1.82, 2.24) is 0 Å². The van der Waals surface area contributed by atoms with Crippen molar-refractivity contribution in [3.63, 3.8) is 0 Å². The van der Waals surface area contributed by atoms with Crippen LogP contribution in [0.15, 0.2) is 24.3 Å². The van der Waals surface area contributed by atoms with Crippen molar-refractivity contribution in [2.45, 2.75) is 26.7 Å². The highest BCUT2D eigenvalue weighted by molar-refractivity contribution is 6.13. The Hall–Kier alpha value is -2.57. The fourth-order valence-corrected chi connectivity index (χ4v) is 1.99. The van der Waals surface area contributed by atoms with E-state index in [0.29, 0.717) is 0 Å². The van der Waals surface area contributed by atoms with Crippen LogP contribution in [0, 0.1) is 16.0 Å². The zero-order valence-electron chi connectivity index (χ0n) is 12.4. The van der Waals surface area contributed by atoms with Gasteiger partial charge in [0.1, 0.15) is 6.42 Å². The molecule has 0 heterocycles. The number of hydrogen-bond donors (Lipinski definition) is 0. The van der Waals surface area contributed by atoms with Crippen LogP contribution in [0.4, 0.5) is 5.69 Å². The van der Waals surface area contributed by atoms with Crippen LogP contribution < -0.4 is 0 Å². The second-order valence-electron chi connectivity index (χ2n) is 4.58. The van der Waals surface area contributed by atoms with E-state index in [1.54, 1.807) is 13.8 Å². The van der Waals surface area contributed by atoms with Crippen LogP contribution in [-0.4, -0.2) is 29.1 Å². The molecule has 0 amide bonds. The molecule has 0 aliphatic rings. The predicted octanol–water partition coefficient (Wildman–Crippen LogP) is 2.33.